The average molecular weight is 398 g/mol. The molecular weight excluding hydrogens is 384 g/mol. The van der Waals surface area contributed by atoms with Gasteiger partial charge in [-0.1, -0.05) is 28.1 Å². The van der Waals surface area contributed by atoms with Gasteiger partial charge in [0.2, 0.25) is 0 Å². The van der Waals surface area contributed by atoms with E-state index in [4.69, 9.17) is 0 Å². The molecule has 0 aliphatic rings. The molecule has 0 aromatic heterocycles. The lowest BCUT2D eigenvalue weighted by Crippen LogP contribution is -2.15. The standard InChI is InChI=1S/C15H14Br2N2O/c1-2-18-13-6-4-3-5-11(13)15(20)19-14-9-10(16)7-8-12(14)17/h3-9,18H,2H2,1H3,(H,19,20). The molecule has 0 saturated carbocycles. The Bertz CT molecular complexity index is 629. The van der Waals surface area contributed by atoms with E-state index in [1.54, 1.807) is 6.07 Å². The molecule has 0 aliphatic carbocycles. The number of hydrogen-bond donors (Lipinski definition) is 2. The molecule has 1 amide bonds. The summed E-state index contributed by atoms with van der Waals surface area (Å²) in [7, 11) is 0. The molecule has 2 aromatic rings. The van der Waals surface area contributed by atoms with Crippen LogP contribution in [0.15, 0.2) is 51.4 Å². The van der Waals surface area contributed by atoms with Gasteiger partial charge in [-0.2, -0.15) is 0 Å². The summed E-state index contributed by atoms with van der Waals surface area (Å²) in [5.74, 6) is -0.139. The van der Waals surface area contributed by atoms with Gasteiger partial charge in [0.05, 0.1) is 11.3 Å². The predicted octanol–water partition coefficient (Wildman–Crippen LogP) is 4.90. The number of carbonyl (C=O) groups excluding carboxylic acids is 1. The highest BCUT2D eigenvalue weighted by molar-refractivity contribution is 9.11. The lowest BCUT2D eigenvalue weighted by molar-refractivity contribution is 0.102. The van der Waals surface area contributed by atoms with Gasteiger partial charge in [0.15, 0.2) is 0 Å². The van der Waals surface area contributed by atoms with Crippen molar-refractivity contribution in [1.82, 2.24) is 0 Å². The smallest absolute Gasteiger partial charge is 0.257 e. The van der Waals surface area contributed by atoms with Crippen molar-refractivity contribution in [2.45, 2.75) is 6.92 Å². The van der Waals surface area contributed by atoms with Crippen LogP contribution in [0.5, 0.6) is 0 Å². The highest BCUT2D eigenvalue weighted by Crippen LogP contribution is 2.27. The molecule has 3 nitrogen and oxygen atoms in total. The normalized spacial score (nSPS) is 10.2. The van der Waals surface area contributed by atoms with Crippen molar-refractivity contribution in [3.63, 3.8) is 0 Å². The third-order valence-electron chi connectivity index (χ3n) is 2.72. The second-order valence-corrected chi connectivity index (χ2v) is 5.92. The van der Waals surface area contributed by atoms with E-state index in [1.807, 2.05) is 43.3 Å². The molecule has 2 rings (SSSR count). The van der Waals surface area contributed by atoms with Gasteiger partial charge in [-0.25, -0.2) is 0 Å². The molecule has 20 heavy (non-hydrogen) atoms. The molecule has 0 heterocycles. The van der Waals surface area contributed by atoms with Crippen molar-refractivity contribution in [3.8, 4) is 0 Å². The number of hydrogen-bond acceptors (Lipinski definition) is 2. The van der Waals surface area contributed by atoms with Crippen LogP contribution >= 0.6 is 31.9 Å². The van der Waals surface area contributed by atoms with Crippen LogP contribution in [-0.2, 0) is 0 Å². The van der Waals surface area contributed by atoms with Crippen LogP contribution in [0, 0.1) is 0 Å². The molecule has 104 valence electrons. The second-order valence-electron chi connectivity index (χ2n) is 4.15. The summed E-state index contributed by atoms with van der Waals surface area (Å²) in [5.41, 5.74) is 2.19. The number of halogens is 2. The van der Waals surface area contributed by atoms with Crippen LogP contribution in [0.3, 0.4) is 0 Å². The maximum absolute atomic E-state index is 12.4. The zero-order chi connectivity index (χ0) is 14.5. The van der Waals surface area contributed by atoms with Crippen LogP contribution in [0.25, 0.3) is 0 Å². The number of benzene rings is 2. The number of anilines is 2. The Hall–Kier alpha value is -1.33. The molecule has 0 bridgehead atoms. The van der Waals surface area contributed by atoms with E-state index < -0.39 is 0 Å². The third-order valence-corrected chi connectivity index (χ3v) is 3.90. The van der Waals surface area contributed by atoms with Gasteiger partial charge in [-0.15, -0.1) is 0 Å². The first-order valence-electron chi connectivity index (χ1n) is 6.21. The summed E-state index contributed by atoms with van der Waals surface area (Å²) in [4.78, 5) is 12.4. The fraction of sp³-hybridized carbons (Fsp3) is 0.133. The molecule has 2 N–H and O–H groups in total. The minimum absolute atomic E-state index is 0.139. The number of amides is 1. The Morgan fingerprint density at radius 2 is 1.85 bits per heavy atom. The van der Waals surface area contributed by atoms with Gasteiger partial charge in [-0.05, 0) is 53.2 Å². The summed E-state index contributed by atoms with van der Waals surface area (Å²) in [6, 6.07) is 13.1. The van der Waals surface area contributed by atoms with Gasteiger partial charge < -0.3 is 10.6 Å². The summed E-state index contributed by atoms with van der Waals surface area (Å²) >= 11 is 6.83. The average Bonchev–Trinajstić information content (AvgIpc) is 2.44. The van der Waals surface area contributed by atoms with Crippen LogP contribution in [0.4, 0.5) is 11.4 Å². The van der Waals surface area contributed by atoms with E-state index >= 15 is 0 Å². The van der Waals surface area contributed by atoms with E-state index in [9.17, 15) is 4.79 Å². The molecule has 0 atom stereocenters. The Balaban J connectivity index is 2.26. The van der Waals surface area contributed by atoms with Gasteiger partial charge in [-0.3, -0.25) is 4.79 Å². The summed E-state index contributed by atoms with van der Waals surface area (Å²) in [5, 5.41) is 6.10. The Kier molecular flexibility index (Phi) is 5.20. The molecule has 5 heteroatoms. The topological polar surface area (TPSA) is 41.1 Å². The minimum atomic E-state index is -0.139. The fourth-order valence-corrected chi connectivity index (χ4v) is 2.52. The summed E-state index contributed by atoms with van der Waals surface area (Å²) < 4.78 is 1.76. The van der Waals surface area contributed by atoms with E-state index in [0.717, 1.165) is 26.9 Å². The minimum Gasteiger partial charge on any atom is -0.385 e. The Labute approximate surface area is 135 Å². The molecule has 0 aliphatic heterocycles. The molecular formula is C15H14Br2N2O. The molecule has 0 saturated heterocycles. The van der Waals surface area contributed by atoms with Gasteiger partial charge in [0.25, 0.3) is 5.91 Å². The Morgan fingerprint density at radius 3 is 2.60 bits per heavy atom. The van der Waals surface area contributed by atoms with Crippen molar-refractivity contribution in [2.75, 3.05) is 17.2 Å². The van der Waals surface area contributed by atoms with Crippen molar-refractivity contribution in [2.24, 2.45) is 0 Å². The largest absolute Gasteiger partial charge is 0.385 e. The van der Waals surface area contributed by atoms with Crippen molar-refractivity contribution >= 4 is 49.1 Å². The van der Waals surface area contributed by atoms with E-state index in [2.05, 4.69) is 42.5 Å². The molecule has 0 unspecified atom stereocenters. The first kappa shape index (κ1) is 15.1. The van der Waals surface area contributed by atoms with Crippen LogP contribution in [-0.4, -0.2) is 12.5 Å². The van der Waals surface area contributed by atoms with E-state index in [0.29, 0.717) is 5.56 Å². The highest BCUT2D eigenvalue weighted by Gasteiger charge is 2.12. The number of rotatable bonds is 4. The first-order valence-corrected chi connectivity index (χ1v) is 7.79. The highest BCUT2D eigenvalue weighted by atomic mass is 79.9. The van der Waals surface area contributed by atoms with E-state index in [1.165, 1.54) is 0 Å². The SMILES string of the molecule is CCNc1ccccc1C(=O)Nc1cc(Br)ccc1Br. The zero-order valence-corrected chi connectivity index (χ0v) is 14.1. The monoisotopic (exact) mass is 396 g/mol. The first-order chi connectivity index (χ1) is 9.61. The number of carbonyl (C=O) groups is 1. The van der Waals surface area contributed by atoms with Gasteiger partial charge >= 0.3 is 0 Å². The second kappa shape index (κ2) is 6.90. The molecule has 0 spiro atoms. The van der Waals surface area contributed by atoms with Crippen LogP contribution in [0.2, 0.25) is 0 Å². The maximum atomic E-state index is 12.4. The quantitative estimate of drug-likeness (QED) is 0.770. The van der Waals surface area contributed by atoms with Crippen molar-refractivity contribution in [1.29, 1.82) is 0 Å². The summed E-state index contributed by atoms with van der Waals surface area (Å²) in [6.07, 6.45) is 0. The Morgan fingerprint density at radius 1 is 1.10 bits per heavy atom. The third kappa shape index (κ3) is 3.61. The predicted molar refractivity (Wildman–Crippen MR) is 90.4 cm³/mol. The maximum Gasteiger partial charge on any atom is 0.257 e. The van der Waals surface area contributed by atoms with Crippen LogP contribution < -0.4 is 10.6 Å². The number of para-hydroxylation sites is 1. The molecule has 2 aromatic carbocycles. The zero-order valence-electron chi connectivity index (χ0n) is 10.9. The van der Waals surface area contributed by atoms with Crippen molar-refractivity contribution in [3.05, 3.63) is 57.0 Å². The van der Waals surface area contributed by atoms with Crippen molar-refractivity contribution < 1.29 is 4.79 Å². The molecule has 0 radical (unpaired) electrons. The molecule has 0 fully saturated rings. The van der Waals surface area contributed by atoms with E-state index in [-0.39, 0.29) is 5.91 Å². The van der Waals surface area contributed by atoms with Crippen LogP contribution in [0.1, 0.15) is 17.3 Å². The number of nitrogens with one attached hydrogen (secondary N) is 2. The lowest BCUT2D eigenvalue weighted by Gasteiger charge is -2.12. The van der Waals surface area contributed by atoms with Gasteiger partial charge in [0.1, 0.15) is 0 Å². The summed E-state index contributed by atoms with van der Waals surface area (Å²) in [6.45, 7) is 2.77. The van der Waals surface area contributed by atoms with Gasteiger partial charge in [0, 0.05) is 21.2 Å². The lowest BCUT2D eigenvalue weighted by atomic mass is 10.1. The fourth-order valence-electron chi connectivity index (χ4n) is 1.81.